The van der Waals surface area contributed by atoms with Crippen molar-refractivity contribution >= 4 is 12.1 Å². The number of carbonyl (C=O) groups is 1. The molecule has 0 aliphatic rings. The number of carbonyl (C=O) groups excluding carboxylic acids is 1. The van der Waals surface area contributed by atoms with E-state index >= 15 is 0 Å². The molecule has 0 fully saturated rings. The molecule has 0 saturated carbocycles. The molecular weight excluding hydrogens is 352 g/mol. The molecule has 3 rings (SSSR count). The molecule has 2 aromatic heterocycles. The van der Waals surface area contributed by atoms with Gasteiger partial charge in [-0.05, 0) is 12.1 Å². The van der Waals surface area contributed by atoms with Crippen LogP contribution in [0.25, 0.3) is 11.5 Å². The normalized spacial score (nSPS) is 10.8. The molecule has 2 heterocycles. The Morgan fingerprint density at radius 1 is 1.19 bits per heavy atom. The maximum atomic E-state index is 12.2. The van der Waals surface area contributed by atoms with E-state index in [-0.39, 0.29) is 5.69 Å². The molecule has 27 heavy (non-hydrogen) atoms. The second-order valence-corrected chi connectivity index (χ2v) is 5.29. The molecule has 9 nitrogen and oxygen atoms in total. The number of ether oxygens (including phenoxy) is 3. The molecule has 0 unspecified atom stereocenters. The molecule has 3 aromatic rings. The Morgan fingerprint density at radius 2 is 1.93 bits per heavy atom. The number of aromatic amines is 1. The number of amides is 1. The number of nitrogens with one attached hydrogen (secondary N) is 2. The van der Waals surface area contributed by atoms with Gasteiger partial charge in [0.25, 0.3) is 5.91 Å². The molecule has 0 saturated heterocycles. The van der Waals surface area contributed by atoms with Crippen molar-refractivity contribution < 1.29 is 23.4 Å². The van der Waals surface area contributed by atoms with Crippen LogP contribution in [0.1, 0.15) is 16.1 Å². The van der Waals surface area contributed by atoms with Crippen molar-refractivity contribution in [2.45, 2.75) is 0 Å². The van der Waals surface area contributed by atoms with Crippen molar-refractivity contribution in [2.75, 3.05) is 21.3 Å². The summed E-state index contributed by atoms with van der Waals surface area (Å²) in [5, 5.41) is 10.6. The van der Waals surface area contributed by atoms with Gasteiger partial charge in [-0.1, -0.05) is 0 Å². The average molecular weight is 370 g/mol. The minimum absolute atomic E-state index is 0.173. The van der Waals surface area contributed by atoms with Crippen LogP contribution < -0.4 is 19.6 Å². The molecule has 0 atom stereocenters. The first-order valence-corrected chi connectivity index (χ1v) is 7.89. The van der Waals surface area contributed by atoms with Crippen LogP contribution in [-0.4, -0.2) is 43.6 Å². The second kappa shape index (κ2) is 8.09. The highest BCUT2D eigenvalue weighted by Crippen LogP contribution is 2.32. The first kappa shape index (κ1) is 18.1. The maximum absolute atomic E-state index is 12.2. The summed E-state index contributed by atoms with van der Waals surface area (Å²) >= 11 is 0. The SMILES string of the molecule is COc1cc(OC)c(C=NNC(=O)c2cc(-c3ccco3)[nH]n2)c(OC)c1. The lowest BCUT2D eigenvalue weighted by atomic mass is 10.2. The Kier molecular flexibility index (Phi) is 5.41. The van der Waals surface area contributed by atoms with Crippen LogP contribution in [0.2, 0.25) is 0 Å². The third kappa shape index (κ3) is 3.92. The van der Waals surface area contributed by atoms with Crippen molar-refractivity contribution in [1.82, 2.24) is 15.6 Å². The van der Waals surface area contributed by atoms with Crippen LogP contribution in [0.5, 0.6) is 17.2 Å². The largest absolute Gasteiger partial charge is 0.496 e. The van der Waals surface area contributed by atoms with Crippen LogP contribution in [0, 0.1) is 0 Å². The Bertz CT molecular complexity index is 922. The Balaban J connectivity index is 1.74. The van der Waals surface area contributed by atoms with Gasteiger partial charge >= 0.3 is 0 Å². The van der Waals surface area contributed by atoms with Crippen molar-refractivity contribution in [1.29, 1.82) is 0 Å². The molecule has 1 amide bonds. The van der Waals surface area contributed by atoms with Crippen molar-refractivity contribution in [3.8, 4) is 28.7 Å². The van der Waals surface area contributed by atoms with E-state index < -0.39 is 5.91 Å². The van der Waals surface area contributed by atoms with Crippen LogP contribution >= 0.6 is 0 Å². The summed E-state index contributed by atoms with van der Waals surface area (Å²) in [6, 6.07) is 8.45. The predicted octanol–water partition coefficient (Wildman–Crippen LogP) is 2.46. The highest BCUT2D eigenvalue weighted by Gasteiger charge is 2.14. The van der Waals surface area contributed by atoms with Crippen LogP contribution in [0.4, 0.5) is 0 Å². The minimum Gasteiger partial charge on any atom is -0.496 e. The Morgan fingerprint density at radius 3 is 2.52 bits per heavy atom. The Labute approximate surface area is 154 Å². The molecule has 140 valence electrons. The highest BCUT2D eigenvalue weighted by molar-refractivity contribution is 5.94. The van der Waals surface area contributed by atoms with E-state index in [1.54, 1.807) is 37.4 Å². The van der Waals surface area contributed by atoms with E-state index in [0.717, 1.165) is 0 Å². The predicted molar refractivity (Wildman–Crippen MR) is 97.4 cm³/mol. The lowest BCUT2D eigenvalue weighted by molar-refractivity contribution is 0.0950. The topological polar surface area (TPSA) is 111 Å². The zero-order valence-electron chi connectivity index (χ0n) is 15.0. The van der Waals surface area contributed by atoms with Gasteiger partial charge in [0.05, 0.1) is 39.4 Å². The quantitative estimate of drug-likeness (QED) is 0.488. The lowest BCUT2D eigenvalue weighted by Gasteiger charge is -2.12. The monoisotopic (exact) mass is 370 g/mol. The Hall–Kier alpha value is -3.75. The summed E-state index contributed by atoms with van der Waals surface area (Å²) in [6.07, 6.45) is 2.96. The zero-order valence-corrected chi connectivity index (χ0v) is 15.0. The summed E-state index contributed by atoms with van der Waals surface area (Å²) in [4.78, 5) is 12.2. The molecule has 0 bridgehead atoms. The average Bonchev–Trinajstić information content (AvgIpc) is 3.39. The van der Waals surface area contributed by atoms with E-state index in [1.165, 1.54) is 26.7 Å². The number of hydrogen-bond acceptors (Lipinski definition) is 7. The van der Waals surface area contributed by atoms with E-state index in [2.05, 4.69) is 20.7 Å². The molecule has 0 aliphatic carbocycles. The van der Waals surface area contributed by atoms with Crippen LogP contribution in [-0.2, 0) is 0 Å². The fourth-order valence-electron chi connectivity index (χ4n) is 2.37. The van der Waals surface area contributed by atoms with E-state index in [4.69, 9.17) is 18.6 Å². The van der Waals surface area contributed by atoms with Gasteiger partial charge in [0.2, 0.25) is 0 Å². The van der Waals surface area contributed by atoms with Gasteiger partial charge in [-0.25, -0.2) is 5.43 Å². The number of aromatic nitrogens is 2. The van der Waals surface area contributed by atoms with Gasteiger partial charge in [0, 0.05) is 18.2 Å². The number of methoxy groups -OCH3 is 3. The summed E-state index contributed by atoms with van der Waals surface area (Å²) in [5.74, 6) is 1.66. The van der Waals surface area contributed by atoms with Crippen LogP contribution in [0.15, 0.2) is 46.1 Å². The molecular formula is C18H18N4O5. The standard InChI is InChI=1S/C18H18N4O5/c1-24-11-7-16(25-2)12(17(8-11)26-3)10-19-22-18(23)14-9-13(20-21-14)15-5-4-6-27-15/h4-10H,1-3H3,(H,20,21)(H,22,23). The van der Waals surface area contributed by atoms with E-state index in [0.29, 0.717) is 34.3 Å². The fraction of sp³-hybridized carbons (Fsp3) is 0.167. The molecule has 0 spiro atoms. The maximum Gasteiger partial charge on any atom is 0.291 e. The number of hydrazone groups is 1. The lowest BCUT2D eigenvalue weighted by Crippen LogP contribution is -2.18. The van der Waals surface area contributed by atoms with Gasteiger partial charge in [-0.15, -0.1) is 0 Å². The third-order valence-corrected chi connectivity index (χ3v) is 3.71. The zero-order chi connectivity index (χ0) is 19.2. The summed E-state index contributed by atoms with van der Waals surface area (Å²) in [6.45, 7) is 0. The van der Waals surface area contributed by atoms with E-state index in [1.807, 2.05) is 0 Å². The van der Waals surface area contributed by atoms with Gasteiger partial charge < -0.3 is 18.6 Å². The van der Waals surface area contributed by atoms with Crippen molar-refractivity contribution in [3.63, 3.8) is 0 Å². The van der Waals surface area contributed by atoms with Crippen molar-refractivity contribution in [3.05, 3.63) is 47.9 Å². The van der Waals surface area contributed by atoms with Gasteiger partial charge in [-0.2, -0.15) is 10.2 Å². The molecule has 1 aromatic carbocycles. The van der Waals surface area contributed by atoms with Gasteiger partial charge in [0.15, 0.2) is 11.5 Å². The smallest absolute Gasteiger partial charge is 0.291 e. The first-order valence-electron chi connectivity index (χ1n) is 7.89. The fourth-order valence-corrected chi connectivity index (χ4v) is 2.37. The minimum atomic E-state index is -0.480. The van der Waals surface area contributed by atoms with Crippen LogP contribution in [0.3, 0.4) is 0 Å². The molecule has 0 aliphatic heterocycles. The summed E-state index contributed by atoms with van der Waals surface area (Å²) in [7, 11) is 4.58. The number of hydrogen-bond donors (Lipinski definition) is 2. The van der Waals surface area contributed by atoms with Gasteiger partial charge in [0.1, 0.15) is 22.9 Å². The van der Waals surface area contributed by atoms with Crippen molar-refractivity contribution in [2.24, 2.45) is 5.10 Å². The number of rotatable bonds is 7. The number of benzene rings is 1. The molecule has 0 radical (unpaired) electrons. The summed E-state index contributed by atoms with van der Waals surface area (Å²) < 4.78 is 21.1. The number of nitrogens with zero attached hydrogens (tertiary/aromatic N) is 2. The highest BCUT2D eigenvalue weighted by atomic mass is 16.5. The number of furan rings is 1. The second-order valence-electron chi connectivity index (χ2n) is 5.29. The molecule has 2 N–H and O–H groups in total. The van der Waals surface area contributed by atoms with E-state index in [9.17, 15) is 4.79 Å². The number of H-pyrrole nitrogens is 1. The van der Waals surface area contributed by atoms with Gasteiger partial charge in [-0.3, -0.25) is 9.89 Å². The summed E-state index contributed by atoms with van der Waals surface area (Å²) in [5.41, 5.74) is 3.73. The molecule has 9 heteroatoms. The third-order valence-electron chi connectivity index (χ3n) is 3.71. The first-order chi connectivity index (χ1) is 13.2.